The molecule has 1 unspecified atom stereocenters. The quantitative estimate of drug-likeness (QED) is 0.479. The van der Waals surface area contributed by atoms with Crippen LogP contribution in [0.25, 0.3) is 0 Å². The van der Waals surface area contributed by atoms with E-state index in [0.29, 0.717) is 4.34 Å². The van der Waals surface area contributed by atoms with E-state index in [0.717, 1.165) is 12.5 Å². The van der Waals surface area contributed by atoms with Crippen LogP contribution in [0.2, 0.25) is 0 Å². The first kappa shape index (κ1) is 11.9. The van der Waals surface area contributed by atoms with Crippen molar-refractivity contribution in [1.82, 2.24) is 9.32 Å². The zero-order valence-corrected chi connectivity index (χ0v) is 8.41. The molecule has 0 aromatic carbocycles. The van der Waals surface area contributed by atoms with Crippen LogP contribution in [0.1, 0.15) is 5.69 Å². The molecule has 1 aromatic heterocycles. The number of carboxylic acid groups (broad SMARTS) is 1. The zero-order chi connectivity index (χ0) is 11.6. The topological polar surface area (TPSA) is 139 Å². The van der Waals surface area contributed by atoms with Crippen LogP contribution >= 0.6 is 7.75 Å². The maximum atomic E-state index is 10.7. The van der Waals surface area contributed by atoms with Gasteiger partial charge in [0.1, 0.15) is 12.4 Å². The van der Waals surface area contributed by atoms with Gasteiger partial charge in [-0.15, -0.1) is 0 Å². The summed E-state index contributed by atoms with van der Waals surface area (Å²) in [6.45, 7) is 0. The summed E-state index contributed by atoms with van der Waals surface area (Å²) in [4.78, 5) is 31.5. The molecule has 9 heteroatoms. The van der Waals surface area contributed by atoms with E-state index >= 15 is 0 Å². The van der Waals surface area contributed by atoms with Gasteiger partial charge in [0.05, 0.1) is 5.69 Å². The molecule has 0 spiro atoms. The highest BCUT2D eigenvalue weighted by atomic mass is 31.2. The Hall–Kier alpha value is -1.21. The second-order valence-corrected chi connectivity index (χ2v) is 4.40. The molecule has 0 saturated heterocycles. The number of hydrogen-bond donors (Lipinski definition) is 4. The fraction of sp³-hybridized carbons (Fsp3) is 0.333. The summed E-state index contributed by atoms with van der Waals surface area (Å²) in [5.74, 6) is -1.19. The lowest BCUT2D eigenvalue weighted by Gasteiger charge is -2.03. The summed E-state index contributed by atoms with van der Waals surface area (Å²) in [6.07, 6.45) is 1.93. The Morgan fingerprint density at radius 3 is 2.67 bits per heavy atom. The van der Waals surface area contributed by atoms with Gasteiger partial charge >= 0.3 is 13.7 Å². The van der Waals surface area contributed by atoms with Gasteiger partial charge in [-0.2, -0.15) is 0 Å². The van der Waals surface area contributed by atoms with Gasteiger partial charge in [0.15, 0.2) is 0 Å². The molecule has 15 heavy (non-hydrogen) atoms. The van der Waals surface area contributed by atoms with Gasteiger partial charge in [-0.1, -0.05) is 0 Å². The molecule has 0 radical (unpaired) electrons. The molecule has 0 aliphatic rings. The molecule has 1 atom stereocenters. The Balaban J connectivity index is 2.78. The average Bonchev–Trinajstić information content (AvgIpc) is 2.51. The van der Waals surface area contributed by atoms with Crippen LogP contribution in [0, 0.1) is 0 Å². The molecule has 84 valence electrons. The van der Waals surface area contributed by atoms with Crippen LogP contribution in [-0.4, -0.2) is 36.2 Å². The zero-order valence-electron chi connectivity index (χ0n) is 7.52. The van der Waals surface area contributed by atoms with Crippen LogP contribution in [0.3, 0.4) is 0 Å². The molecule has 0 fully saturated rings. The normalized spacial score (nSPS) is 13.8. The summed E-state index contributed by atoms with van der Waals surface area (Å²) in [5.41, 5.74) is 5.44. The molecule has 0 aliphatic heterocycles. The third-order valence-corrected chi connectivity index (χ3v) is 2.49. The van der Waals surface area contributed by atoms with Gasteiger partial charge in [0, 0.05) is 12.6 Å². The van der Waals surface area contributed by atoms with Crippen LogP contribution < -0.4 is 5.73 Å². The number of carboxylic acids is 1. The minimum absolute atomic E-state index is 0.0810. The van der Waals surface area contributed by atoms with E-state index < -0.39 is 19.8 Å². The molecule has 8 nitrogen and oxygen atoms in total. The number of carbonyl (C=O) groups is 1. The number of rotatable bonds is 4. The lowest BCUT2D eigenvalue weighted by atomic mass is 10.2. The summed E-state index contributed by atoms with van der Waals surface area (Å²) < 4.78 is 11.3. The SMILES string of the molecule is NC(Cc1cn(P(=O)(O)O)cn1)C(=O)O. The van der Waals surface area contributed by atoms with Crippen LogP contribution in [0.4, 0.5) is 0 Å². The highest BCUT2D eigenvalue weighted by Gasteiger charge is 2.19. The van der Waals surface area contributed by atoms with E-state index in [9.17, 15) is 9.36 Å². The van der Waals surface area contributed by atoms with Crippen LogP contribution in [0.5, 0.6) is 0 Å². The van der Waals surface area contributed by atoms with E-state index in [1.54, 1.807) is 0 Å². The standard InChI is InChI=1S/C6H10N3O5P/c7-5(6(10)11)1-4-2-9(3-8-4)15(12,13)14/h2-3,5H,1,7H2,(H,10,11)(H2,12,13,14). The smallest absolute Gasteiger partial charge is 0.434 e. The van der Waals surface area contributed by atoms with E-state index in [2.05, 4.69) is 4.98 Å². The Kier molecular flexibility index (Phi) is 3.25. The predicted molar refractivity (Wildman–Crippen MR) is 49.0 cm³/mol. The molecule has 1 heterocycles. The molecule has 0 saturated carbocycles. The second-order valence-electron chi connectivity index (χ2n) is 2.91. The maximum Gasteiger partial charge on any atom is 0.434 e. The fourth-order valence-electron chi connectivity index (χ4n) is 0.913. The third-order valence-electron chi connectivity index (χ3n) is 1.67. The summed E-state index contributed by atoms with van der Waals surface area (Å²) in [5, 5.41) is 8.50. The van der Waals surface area contributed by atoms with Crippen molar-refractivity contribution in [3.8, 4) is 0 Å². The number of nitrogens with two attached hydrogens (primary N) is 1. The Labute approximate surface area is 84.6 Å². The molecule has 1 aromatic rings. The van der Waals surface area contributed by atoms with Crippen molar-refractivity contribution in [1.29, 1.82) is 0 Å². The maximum absolute atomic E-state index is 10.7. The lowest BCUT2D eigenvalue weighted by molar-refractivity contribution is -0.138. The van der Waals surface area contributed by atoms with E-state index in [1.165, 1.54) is 0 Å². The molecule has 0 amide bonds. The first-order valence-electron chi connectivity index (χ1n) is 3.88. The van der Waals surface area contributed by atoms with Crippen molar-refractivity contribution < 1.29 is 24.3 Å². The fourth-order valence-corrected chi connectivity index (χ4v) is 1.38. The molecular formula is C6H10N3O5P. The van der Waals surface area contributed by atoms with Crippen molar-refractivity contribution >= 4 is 13.7 Å². The molecular weight excluding hydrogens is 225 g/mol. The Morgan fingerprint density at radius 1 is 1.67 bits per heavy atom. The van der Waals surface area contributed by atoms with Gasteiger partial charge in [0.2, 0.25) is 0 Å². The number of aliphatic carboxylic acids is 1. The van der Waals surface area contributed by atoms with E-state index in [1.807, 2.05) is 0 Å². The summed E-state index contributed by atoms with van der Waals surface area (Å²) >= 11 is 0. The third kappa shape index (κ3) is 3.14. The van der Waals surface area contributed by atoms with Crippen LogP contribution in [0.15, 0.2) is 12.5 Å². The summed E-state index contributed by atoms with van der Waals surface area (Å²) in [6, 6.07) is -1.13. The lowest BCUT2D eigenvalue weighted by Crippen LogP contribution is -2.32. The van der Waals surface area contributed by atoms with Crippen molar-refractivity contribution in [2.75, 3.05) is 0 Å². The monoisotopic (exact) mass is 235 g/mol. The number of hydrogen-bond acceptors (Lipinski definition) is 4. The van der Waals surface area contributed by atoms with Gasteiger partial charge in [-0.3, -0.25) is 4.79 Å². The minimum atomic E-state index is -4.40. The Bertz CT molecular complexity index is 411. The van der Waals surface area contributed by atoms with Crippen molar-refractivity contribution in [2.45, 2.75) is 12.5 Å². The van der Waals surface area contributed by atoms with Gasteiger partial charge in [0.25, 0.3) is 0 Å². The molecule has 0 bridgehead atoms. The highest BCUT2D eigenvalue weighted by Crippen LogP contribution is 2.36. The molecule has 0 aliphatic carbocycles. The number of imidazole rings is 1. The minimum Gasteiger partial charge on any atom is -0.480 e. The molecule has 5 N–H and O–H groups in total. The summed E-state index contributed by atoms with van der Waals surface area (Å²) in [7, 11) is -4.40. The second kappa shape index (κ2) is 4.11. The predicted octanol–water partition coefficient (Wildman–Crippen LogP) is -1.22. The highest BCUT2D eigenvalue weighted by molar-refractivity contribution is 7.50. The number of aromatic nitrogens is 2. The first-order chi connectivity index (χ1) is 6.80. The number of nitrogens with zero attached hydrogens (tertiary/aromatic N) is 2. The largest absolute Gasteiger partial charge is 0.480 e. The van der Waals surface area contributed by atoms with E-state index in [4.69, 9.17) is 20.6 Å². The van der Waals surface area contributed by atoms with Gasteiger partial charge in [-0.25, -0.2) is 13.9 Å². The van der Waals surface area contributed by atoms with E-state index in [-0.39, 0.29) is 12.1 Å². The van der Waals surface area contributed by atoms with Crippen molar-refractivity contribution in [3.05, 3.63) is 18.2 Å². The van der Waals surface area contributed by atoms with Gasteiger partial charge in [-0.05, 0) is 0 Å². The van der Waals surface area contributed by atoms with Crippen LogP contribution in [-0.2, 0) is 15.8 Å². The molecule has 1 rings (SSSR count). The van der Waals surface area contributed by atoms with Gasteiger partial charge < -0.3 is 20.6 Å². The first-order valence-corrected chi connectivity index (χ1v) is 5.45. The van der Waals surface area contributed by atoms with Crippen molar-refractivity contribution in [2.24, 2.45) is 5.73 Å². The average molecular weight is 235 g/mol. The Morgan fingerprint density at radius 2 is 2.27 bits per heavy atom. The van der Waals surface area contributed by atoms with Crippen molar-refractivity contribution in [3.63, 3.8) is 0 Å².